The standard InChI is InChI=1S/C7H12N2.H2S/c1-3-7-4-5-8-9(2)6-7;/h5-6H,3-4H2,1-2H3;1H2. The first kappa shape index (κ1) is 9.56. The monoisotopic (exact) mass is 158 g/mol. The predicted molar refractivity (Wildman–Crippen MR) is 49.6 cm³/mol. The Bertz CT molecular complexity index is 152. The molecule has 0 atom stereocenters. The van der Waals surface area contributed by atoms with E-state index in [-0.39, 0.29) is 13.5 Å². The lowest BCUT2D eigenvalue weighted by Crippen LogP contribution is -2.07. The van der Waals surface area contributed by atoms with Crippen molar-refractivity contribution in [1.82, 2.24) is 5.01 Å². The summed E-state index contributed by atoms with van der Waals surface area (Å²) in [5, 5.41) is 5.91. The molecular weight excluding hydrogens is 144 g/mol. The maximum absolute atomic E-state index is 4.06. The summed E-state index contributed by atoms with van der Waals surface area (Å²) in [5.41, 5.74) is 1.45. The van der Waals surface area contributed by atoms with Gasteiger partial charge >= 0.3 is 0 Å². The third-order valence-electron chi connectivity index (χ3n) is 1.44. The minimum atomic E-state index is 0. The fraction of sp³-hybridized carbons (Fsp3) is 0.571. The van der Waals surface area contributed by atoms with Gasteiger partial charge in [0.25, 0.3) is 0 Å². The molecule has 0 spiro atoms. The Morgan fingerprint density at radius 3 is 2.80 bits per heavy atom. The first-order valence-corrected chi connectivity index (χ1v) is 3.27. The highest BCUT2D eigenvalue weighted by Gasteiger charge is 1.98. The average Bonchev–Trinajstić information content (AvgIpc) is 1.88. The number of hydrogen-bond donors (Lipinski definition) is 0. The van der Waals surface area contributed by atoms with Crippen molar-refractivity contribution in [1.29, 1.82) is 0 Å². The van der Waals surface area contributed by atoms with E-state index in [1.165, 1.54) is 5.57 Å². The van der Waals surface area contributed by atoms with Crippen LogP contribution in [0.5, 0.6) is 0 Å². The first-order valence-electron chi connectivity index (χ1n) is 3.27. The SMILES string of the molecule is CCC1=CN(C)N=CC1.S. The van der Waals surface area contributed by atoms with Crippen LogP contribution >= 0.6 is 13.5 Å². The van der Waals surface area contributed by atoms with Crippen molar-refractivity contribution >= 4 is 19.7 Å². The second-order valence-corrected chi connectivity index (χ2v) is 2.22. The summed E-state index contributed by atoms with van der Waals surface area (Å²) in [4.78, 5) is 0. The maximum atomic E-state index is 4.06. The lowest BCUT2D eigenvalue weighted by molar-refractivity contribution is 0.477. The van der Waals surface area contributed by atoms with E-state index in [4.69, 9.17) is 0 Å². The van der Waals surface area contributed by atoms with Gasteiger partial charge in [0.15, 0.2) is 0 Å². The minimum Gasteiger partial charge on any atom is -0.276 e. The fourth-order valence-corrected chi connectivity index (χ4v) is 0.873. The van der Waals surface area contributed by atoms with Crippen LogP contribution in [0.3, 0.4) is 0 Å². The molecule has 0 saturated carbocycles. The van der Waals surface area contributed by atoms with E-state index in [2.05, 4.69) is 18.2 Å². The van der Waals surface area contributed by atoms with Crippen LogP contribution in [0.4, 0.5) is 0 Å². The van der Waals surface area contributed by atoms with Gasteiger partial charge in [0.05, 0.1) is 0 Å². The highest BCUT2D eigenvalue weighted by molar-refractivity contribution is 7.59. The lowest BCUT2D eigenvalue weighted by Gasteiger charge is -2.13. The molecule has 2 nitrogen and oxygen atoms in total. The van der Waals surface area contributed by atoms with Gasteiger partial charge in [0.2, 0.25) is 0 Å². The van der Waals surface area contributed by atoms with Gasteiger partial charge in [-0.3, -0.25) is 5.01 Å². The van der Waals surface area contributed by atoms with Gasteiger partial charge in [0, 0.05) is 25.9 Å². The van der Waals surface area contributed by atoms with Crippen molar-refractivity contribution in [2.75, 3.05) is 7.05 Å². The molecule has 3 heteroatoms. The number of rotatable bonds is 1. The van der Waals surface area contributed by atoms with Crippen LogP contribution in [0.15, 0.2) is 16.9 Å². The summed E-state index contributed by atoms with van der Waals surface area (Å²) in [5.74, 6) is 0. The molecule has 0 bridgehead atoms. The zero-order valence-corrected chi connectivity index (χ0v) is 7.46. The lowest BCUT2D eigenvalue weighted by atomic mass is 10.1. The van der Waals surface area contributed by atoms with Crippen molar-refractivity contribution in [2.45, 2.75) is 19.8 Å². The van der Waals surface area contributed by atoms with Crippen LogP contribution in [-0.2, 0) is 0 Å². The van der Waals surface area contributed by atoms with E-state index in [1.54, 1.807) is 0 Å². The van der Waals surface area contributed by atoms with E-state index < -0.39 is 0 Å². The predicted octanol–water partition coefficient (Wildman–Crippen LogP) is 1.71. The Kier molecular flexibility index (Phi) is 4.19. The maximum Gasteiger partial charge on any atom is 0.0296 e. The topological polar surface area (TPSA) is 15.6 Å². The van der Waals surface area contributed by atoms with E-state index in [9.17, 15) is 0 Å². The summed E-state index contributed by atoms with van der Waals surface area (Å²) in [6.45, 7) is 2.17. The molecule has 0 aliphatic carbocycles. The number of hydrogen-bond acceptors (Lipinski definition) is 2. The van der Waals surface area contributed by atoms with E-state index in [0.717, 1.165) is 12.8 Å². The molecule has 58 valence electrons. The molecule has 1 aliphatic rings. The zero-order valence-electron chi connectivity index (χ0n) is 6.46. The molecule has 10 heavy (non-hydrogen) atoms. The third kappa shape index (κ3) is 2.43. The van der Waals surface area contributed by atoms with Crippen molar-refractivity contribution < 1.29 is 0 Å². The molecule has 1 heterocycles. The van der Waals surface area contributed by atoms with E-state index in [0.29, 0.717) is 0 Å². The molecule has 0 unspecified atom stereocenters. The summed E-state index contributed by atoms with van der Waals surface area (Å²) >= 11 is 0. The molecule has 0 aromatic rings. The highest BCUT2D eigenvalue weighted by atomic mass is 32.1. The quantitative estimate of drug-likeness (QED) is 0.567. The Morgan fingerprint density at radius 2 is 2.40 bits per heavy atom. The zero-order chi connectivity index (χ0) is 6.69. The number of hydrazone groups is 1. The third-order valence-corrected chi connectivity index (χ3v) is 1.44. The van der Waals surface area contributed by atoms with Gasteiger partial charge in [-0.15, -0.1) is 0 Å². The van der Waals surface area contributed by atoms with Gasteiger partial charge < -0.3 is 0 Å². The summed E-state index contributed by atoms with van der Waals surface area (Å²) in [6.07, 6.45) is 6.19. The Labute approximate surface area is 69.1 Å². The molecule has 0 N–H and O–H groups in total. The molecule has 1 aliphatic heterocycles. The smallest absolute Gasteiger partial charge is 0.0296 e. The van der Waals surface area contributed by atoms with Crippen LogP contribution < -0.4 is 0 Å². The van der Waals surface area contributed by atoms with Crippen molar-refractivity contribution in [2.24, 2.45) is 5.10 Å². The summed E-state index contributed by atoms with van der Waals surface area (Å²) < 4.78 is 0. The summed E-state index contributed by atoms with van der Waals surface area (Å²) in [6, 6.07) is 0. The largest absolute Gasteiger partial charge is 0.276 e. The van der Waals surface area contributed by atoms with Crippen LogP contribution in [0.25, 0.3) is 0 Å². The number of nitrogens with zero attached hydrogens (tertiary/aromatic N) is 2. The number of allylic oxidation sites excluding steroid dienone is 1. The Balaban J connectivity index is 0.000000810. The summed E-state index contributed by atoms with van der Waals surface area (Å²) in [7, 11) is 1.95. The second-order valence-electron chi connectivity index (χ2n) is 2.22. The van der Waals surface area contributed by atoms with Gasteiger partial charge in [-0.2, -0.15) is 18.6 Å². The van der Waals surface area contributed by atoms with Crippen LogP contribution in [0, 0.1) is 0 Å². The van der Waals surface area contributed by atoms with Crippen molar-refractivity contribution in [3.05, 3.63) is 11.8 Å². The minimum absolute atomic E-state index is 0. The Hall–Kier alpha value is -0.440. The van der Waals surface area contributed by atoms with Crippen LogP contribution in [0.2, 0.25) is 0 Å². The molecule has 0 aromatic heterocycles. The van der Waals surface area contributed by atoms with Gasteiger partial charge in [-0.05, 0) is 12.0 Å². The van der Waals surface area contributed by atoms with Crippen molar-refractivity contribution in [3.8, 4) is 0 Å². The molecule has 0 amide bonds. The van der Waals surface area contributed by atoms with Crippen LogP contribution in [-0.4, -0.2) is 18.3 Å². The van der Waals surface area contributed by atoms with Gasteiger partial charge in [-0.25, -0.2) is 0 Å². The Morgan fingerprint density at radius 1 is 1.70 bits per heavy atom. The molecule has 0 aromatic carbocycles. The van der Waals surface area contributed by atoms with Crippen LogP contribution in [0.1, 0.15) is 19.8 Å². The van der Waals surface area contributed by atoms with Gasteiger partial charge in [0.1, 0.15) is 0 Å². The van der Waals surface area contributed by atoms with E-state index in [1.807, 2.05) is 18.3 Å². The highest BCUT2D eigenvalue weighted by Crippen LogP contribution is 2.09. The van der Waals surface area contributed by atoms with Crippen molar-refractivity contribution in [3.63, 3.8) is 0 Å². The fourth-order valence-electron chi connectivity index (χ4n) is 0.873. The van der Waals surface area contributed by atoms with Gasteiger partial charge in [-0.1, -0.05) is 6.92 Å². The molecule has 0 saturated heterocycles. The normalized spacial score (nSPS) is 16.2. The molecule has 0 fully saturated rings. The average molecular weight is 158 g/mol. The molecule has 1 rings (SSSR count). The van der Waals surface area contributed by atoms with E-state index >= 15 is 0 Å². The first-order chi connectivity index (χ1) is 4.33. The molecule has 0 radical (unpaired) electrons. The second kappa shape index (κ2) is 4.39. The molecular formula is C7H14N2S.